The zero-order valence-electron chi connectivity index (χ0n) is 22.7. The van der Waals surface area contributed by atoms with E-state index in [1.54, 1.807) is 6.08 Å². The molecule has 0 saturated heterocycles. The lowest BCUT2D eigenvalue weighted by molar-refractivity contribution is -0.137. The molecule has 0 spiro atoms. The van der Waals surface area contributed by atoms with Crippen LogP contribution in [0.1, 0.15) is 71.9 Å². The van der Waals surface area contributed by atoms with Crippen LogP contribution >= 0.6 is 0 Å². The molecule has 0 unspecified atom stereocenters. The zero-order chi connectivity index (χ0) is 28.8. The minimum Gasteiger partial charge on any atom is -0.511 e. The van der Waals surface area contributed by atoms with Crippen LogP contribution in [0.25, 0.3) is 6.08 Å². The molecular formula is C31H35F3O4. The van der Waals surface area contributed by atoms with Crippen molar-refractivity contribution in [3.63, 3.8) is 0 Å². The van der Waals surface area contributed by atoms with Gasteiger partial charge in [0, 0.05) is 5.57 Å². The van der Waals surface area contributed by atoms with Gasteiger partial charge in [0.1, 0.15) is 17.1 Å². The maximum Gasteiger partial charge on any atom is 0.416 e. The minimum absolute atomic E-state index is 0.0985. The molecule has 2 N–H and O–H groups in total. The first-order valence-electron chi connectivity index (χ1n) is 12.3. The lowest BCUT2D eigenvalue weighted by atomic mass is 9.66. The van der Waals surface area contributed by atoms with Gasteiger partial charge >= 0.3 is 6.18 Å². The Balaban J connectivity index is 2.65. The molecular weight excluding hydrogens is 493 g/mol. The molecule has 2 rings (SSSR count). The molecule has 7 heteroatoms. The SMILES string of the molecule is CC(C)=CCC1=C(O)C(CC=C(C)C)(CC=C(C)C)C(=O)C(C(=O)/C=C/c2ccc(C(F)(F)F)cc2)=C1O. The summed E-state index contributed by atoms with van der Waals surface area (Å²) in [7, 11) is 0. The first kappa shape index (κ1) is 30.6. The summed E-state index contributed by atoms with van der Waals surface area (Å²) in [6, 6.07) is 4.22. The largest absolute Gasteiger partial charge is 0.511 e. The van der Waals surface area contributed by atoms with E-state index in [1.165, 1.54) is 18.2 Å². The lowest BCUT2D eigenvalue weighted by Gasteiger charge is -2.36. The van der Waals surface area contributed by atoms with E-state index < -0.39 is 40.1 Å². The van der Waals surface area contributed by atoms with Crippen LogP contribution in [-0.2, 0) is 15.8 Å². The summed E-state index contributed by atoms with van der Waals surface area (Å²) in [4.78, 5) is 27.2. The maximum absolute atomic E-state index is 13.9. The average Bonchev–Trinajstić information content (AvgIpc) is 2.81. The van der Waals surface area contributed by atoms with Gasteiger partial charge in [0.2, 0.25) is 0 Å². The van der Waals surface area contributed by atoms with Gasteiger partial charge in [0.15, 0.2) is 11.6 Å². The molecule has 0 heterocycles. The third-order valence-corrected chi connectivity index (χ3v) is 6.27. The fourth-order valence-electron chi connectivity index (χ4n) is 3.99. The van der Waals surface area contributed by atoms with Crippen molar-refractivity contribution in [1.82, 2.24) is 0 Å². The van der Waals surface area contributed by atoms with Crippen LogP contribution < -0.4 is 0 Å². The van der Waals surface area contributed by atoms with Gasteiger partial charge in [-0.2, -0.15) is 13.2 Å². The van der Waals surface area contributed by atoms with E-state index in [-0.39, 0.29) is 30.6 Å². The number of hydrogen-bond donors (Lipinski definition) is 2. The molecule has 1 aromatic rings. The second-order valence-electron chi connectivity index (χ2n) is 10.2. The number of benzene rings is 1. The fourth-order valence-corrected chi connectivity index (χ4v) is 3.99. The molecule has 0 saturated carbocycles. The van der Waals surface area contributed by atoms with Crippen LogP contribution in [-0.4, -0.2) is 21.8 Å². The summed E-state index contributed by atoms with van der Waals surface area (Å²) in [5, 5.41) is 22.5. The third kappa shape index (κ3) is 7.24. The predicted molar refractivity (Wildman–Crippen MR) is 144 cm³/mol. The Morgan fingerprint density at radius 3 is 1.82 bits per heavy atom. The molecule has 0 radical (unpaired) electrons. The predicted octanol–water partition coefficient (Wildman–Crippen LogP) is 8.55. The van der Waals surface area contributed by atoms with E-state index in [0.29, 0.717) is 5.56 Å². The van der Waals surface area contributed by atoms with Crippen LogP contribution in [0.3, 0.4) is 0 Å². The fraction of sp³-hybridized carbons (Fsp3) is 0.355. The van der Waals surface area contributed by atoms with Crippen LogP contribution in [0.15, 0.2) is 88.0 Å². The van der Waals surface area contributed by atoms with Crippen molar-refractivity contribution in [3.8, 4) is 0 Å². The number of ketones is 2. The van der Waals surface area contributed by atoms with Crippen molar-refractivity contribution >= 4 is 17.6 Å². The smallest absolute Gasteiger partial charge is 0.416 e. The zero-order valence-corrected chi connectivity index (χ0v) is 22.7. The monoisotopic (exact) mass is 528 g/mol. The standard InChI is InChI=1S/C31H35F3O4/c1-19(2)7-13-24-27(36)26(25(35)14-10-22-8-11-23(12-9-22)31(32,33)34)29(38)30(28(24)37,17-15-20(3)4)18-16-21(5)6/h7-12,14-16,36-37H,13,17-18H2,1-6H3/b14-10+. The second kappa shape index (κ2) is 12.3. The van der Waals surface area contributed by atoms with Gasteiger partial charge in [-0.25, -0.2) is 0 Å². The molecule has 0 atom stereocenters. The summed E-state index contributed by atoms with van der Waals surface area (Å²) in [5.41, 5.74) is 0.412. The van der Waals surface area contributed by atoms with Crippen molar-refractivity contribution in [2.24, 2.45) is 5.41 Å². The van der Waals surface area contributed by atoms with Crippen molar-refractivity contribution in [3.05, 3.63) is 99.1 Å². The Kier molecular flexibility index (Phi) is 9.90. The molecule has 38 heavy (non-hydrogen) atoms. The molecule has 0 aromatic heterocycles. The number of aliphatic hydroxyl groups excluding tert-OH is 2. The van der Waals surface area contributed by atoms with E-state index in [0.717, 1.165) is 34.9 Å². The average molecular weight is 529 g/mol. The van der Waals surface area contributed by atoms with Gasteiger partial charge < -0.3 is 10.2 Å². The molecule has 0 fully saturated rings. The summed E-state index contributed by atoms with van der Waals surface area (Å²) in [5.74, 6) is -2.35. The topological polar surface area (TPSA) is 74.6 Å². The van der Waals surface area contributed by atoms with Crippen LogP contribution in [0.4, 0.5) is 13.2 Å². The Bertz CT molecular complexity index is 1230. The van der Waals surface area contributed by atoms with Crippen molar-refractivity contribution in [1.29, 1.82) is 0 Å². The van der Waals surface area contributed by atoms with Crippen LogP contribution in [0.2, 0.25) is 0 Å². The maximum atomic E-state index is 13.9. The molecule has 1 aliphatic rings. The molecule has 1 aliphatic carbocycles. The number of hydrogen-bond acceptors (Lipinski definition) is 4. The quantitative estimate of drug-likeness (QED) is 0.191. The second-order valence-corrected chi connectivity index (χ2v) is 10.2. The Morgan fingerprint density at radius 1 is 0.868 bits per heavy atom. The van der Waals surface area contributed by atoms with Gasteiger partial charge in [-0.3, -0.25) is 9.59 Å². The number of Topliss-reactive ketones (excluding diaryl/α,β-unsaturated/α-hetero) is 1. The number of alkyl halides is 3. The van der Waals surface area contributed by atoms with Gasteiger partial charge in [-0.1, -0.05) is 53.2 Å². The van der Waals surface area contributed by atoms with E-state index in [1.807, 2.05) is 53.7 Å². The number of allylic oxidation sites excluding steroid dienone is 10. The lowest BCUT2D eigenvalue weighted by Crippen LogP contribution is -2.40. The Labute approximate surface area is 222 Å². The Hall–Kier alpha value is -3.61. The molecule has 204 valence electrons. The molecule has 0 aliphatic heterocycles. The number of carbonyl (C=O) groups excluding carboxylic acids is 2. The van der Waals surface area contributed by atoms with Gasteiger partial charge in [-0.15, -0.1) is 0 Å². The van der Waals surface area contributed by atoms with Gasteiger partial charge in [-0.05, 0) is 84.6 Å². The first-order chi connectivity index (χ1) is 17.6. The van der Waals surface area contributed by atoms with E-state index in [9.17, 15) is 33.0 Å². The van der Waals surface area contributed by atoms with Crippen LogP contribution in [0.5, 0.6) is 0 Å². The molecule has 4 nitrogen and oxygen atoms in total. The minimum atomic E-state index is -4.49. The highest BCUT2D eigenvalue weighted by Gasteiger charge is 2.49. The normalized spacial score (nSPS) is 15.6. The first-order valence-corrected chi connectivity index (χ1v) is 12.3. The van der Waals surface area contributed by atoms with Crippen molar-refractivity contribution in [2.75, 3.05) is 0 Å². The number of halogens is 3. The van der Waals surface area contributed by atoms with Gasteiger partial charge in [0.25, 0.3) is 0 Å². The van der Waals surface area contributed by atoms with Crippen molar-refractivity contribution < 1.29 is 33.0 Å². The van der Waals surface area contributed by atoms with E-state index in [2.05, 4.69) is 0 Å². The molecule has 0 bridgehead atoms. The summed E-state index contributed by atoms with van der Waals surface area (Å²) in [6.45, 7) is 11.1. The molecule has 0 amide bonds. The number of rotatable bonds is 9. The summed E-state index contributed by atoms with van der Waals surface area (Å²) >= 11 is 0. The van der Waals surface area contributed by atoms with E-state index >= 15 is 0 Å². The highest BCUT2D eigenvalue weighted by molar-refractivity contribution is 6.28. The van der Waals surface area contributed by atoms with Crippen LogP contribution in [0, 0.1) is 5.41 Å². The highest BCUT2D eigenvalue weighted by atomic mass is 19.4. The summed E-state index contributed by atoms with van der Waals surface area (Å²) < 4.78 is 38.6. The molecule has 1 aromatic carbocycles. The highest BCUT2D eigenvalue weighted by Crippen LogP contribution is 2.46. The van der Waals surface area contributed by atoms with Crippen molar-refractivity contribution in [2.45, 2.75) is 67.0 Å². The van der Waals surface area contributed by atoms with E-state index in [4.69, 9.17) is 0 Å². The number of aliphatic hydroxyl groups is 2. The number of carbonyl (C=O) groups is 2. The Morgan fingerprint density at radius 2 is 1.37 bits per heavy atom. The van der Waals surface area contributed by atoms with Gasteiger partial charge in [0.05, 0.1) is 11.0 Å². The third-order valence-electron chi connectivity index (χ3n) is 6.27. The summed E-state index contributed by atoms with van der Waals surface area (Å²) in [6.07, 6.45) is 3.62.